The maximum Gasteiger partial charge on any atom is 0.251 e. The Morgan fingerprint density at radius 1 is 1.35 bits per heavy atom. The summed E-state index contributed by atoms with van der Waals surface area (Å²) >= 11 is 0. The van der Waals surface area contributed by atoms with Crippen molar-refractivity contribution in [2.24, 2.45) is 5.73 Å². The Balaban J connectivity index is 2.20. The predicted molar refractivity (Wildman–Crippen MR) is 73.0 cm³/mol. The van der Waals surface area contributed by atoms with Gasteiger partial charge >= 0.3 is 0 Å². The summed E-state index contributed by atoms with van der Waals surface area (Å²) in [5, 5.41) is 8.59. The molecule has 1 aromatic heterocycles. The number of benzene rings is 1. The number of anilines is 1. The van der Waals surface area contributed by atoms with Crippen molar-refractivity contribution in [1.29, 1.82) is 5.26 Å². The second-order valence-electron chi connectivity index (χ2n) is 4.05. The second kappa shape index (κ2) is 5.71. The number of amides is 1. The largest absolute Gasteiger partial charge is 0.439 e. The monoisotopic (exact) mass is 268 g/mol. The van der Waals surface area contributed by atoms with Gasteiger partial charge in [0.1, 0.15) is 5.75 Å². The Labute approximate surface area is 115 Å². The fourth-order valence-electron chi connectivity index (χ4n) is 1.60. The van der Waals surface area contributed by atoms with Crippen molar-refractivity contribution in [3.63, 3.8) is 0 Å². The van der Waals surface area contributed by atoms with Crippen molar-refractivity contribution < 1.29 is 9.53 Å². The van der Waals surface area contributed by atoms with E-state index in [0.29, 0.717) is 12.2 Å². The van der Waals surface area contributed by atoms with Crippen LogP contribution in [0.3, 0.4) is 0 Å². The smallest absolute Gasteiger partial charge is 0.251 e. The van der Waals surface area contributed by atoms with Gasteiger partial charge in [-0.3, -0.25) is 4.79 Å². The van der Waals surface area contributed by atoms with Gasteiger partial charge in [-0.1, -0.05) is 12.1 Å². The molecule has 20 heavy (non-hydrogen) atoms. The van der Waals surface area contributed by atoms with Crippen LogP contribution in [0.15, 0.2) is 36.5 Å². The van der Waals surface area contributed by atoms with Crippen molar-refractivity contribution in [1.82, 2.24) is 4.98 Å². The van der Waals surface area contributed by atoms with Gasteiger partial charge in [0.15, 0.2) is 0 Å². The number of hydrogen-bond donors (Lipinski definition) is 2. The van der Waals surface area contributed by atoms with E-state index in [1.54, 1.807) is 24.3 Å². The maximum absolute atomic E-state index is 11.2. The lowest BCUT2D eigenvalue weighted by atomic mass is 10.2. The standard InChI is InChI=1S/C14H12N4O2/c15-6-5-9-1-3-10(4-2-9)20-13-7-11(14(17)19)12(16)8-18-13/h1-4,7-8H,5,16H2,(H2,17,19). The van der Waals surface area contributed by atoms with Gasteiger partial charge in [-0.25, -0.2) is 4.98 Å². The first kappa shape index (κ1) is 13.4. The normalized spacial score (nSPS) is 9.75. The third-order valence-electron chi connectivity index (χ3n) is 2.60. The van der Waals surface area contributed by atoms with Crippen LogP contribution in [-0.2, 0) is 6.42 Å². The van der Waals surface area contributed by atoms with E-state index in [0.717, 1.165) is 5.56 Å². The number of nitriles is 1. The minimum atomic E-state index is -0.640. The van der Waals surface area contributed by atoms with Crippen LogP contribution in [0.5, 0.6) is 11.6 Å². The van der Waals surface area contributed by atoms with E-state index in [4.69, 9.17) is 21.5 Å². The minimum Gasteiger partial charge on any atom is -0.439 e. The maximum atomic E-state index is 11.2. The molecule has 6 heteroatoms. The van der Waals surface area contributed by atoms with Crippen LogP contribution in [0.25, 0.3) is 0 Å². The second-order valence-corrected chi connectivity index (χ2v) is 4.05. The summed E-state index contributed by atoms with van der Waals surface area (Å²) in [7, 11) is 0. The van der Waals surface area contributed by atoms with Crippen molar-refractivity contribution in [3.8, 4) is 17.7 Å². The van der Waals surface area contributed by atoms with Crippen LogP contribution in [0, 0.1) is 11.3 Å². The molecule has 4 N–H and O–H groups in total. The molecule has 1 heterocycles. The zero-order valence-corrected chi connectivity index (χ0v) is 10.5. The zero-order valence-electron chi connectivity index (χ0n) is 10.5. The number of pyridine rings is 1. The van der Waals surface area contributed by atoms with Gasteiger partial charge in [-0.2, -0.15) is 5.26 Å². The number of carbonyl (C=O) groups is 1. The summed E-state index contributed by atoms with van der Waals surface area (Å²) in [6.45, 7) is 0. The molecule has 0 radical (unpaired) electrons. The molecule has 2 aromatic rings. The molecule has 0 fully saturated rings. The van der Waals surface area contributed by atoms with Crippen LogP contribution in [0.2, 0.25) is 0 Å². The predicted octanol–water partition coefficient (Wildman–Crippen LogP) is 1.62. The Bertz CT molecular complexity index is 675. The summed E-state index contributed by atoms with van der Waals surface area (Å²) in [5.41, 5.74) is 12.0. The van der Waals surface area contributed by atoms with Crippen molar-refractivity contribution in [3.05, 3.63) is 47.7 Å². The highest BCUT2D eigenvalue weighted by atomic mass is 16.5. The molecular weight excluding hydrogens is 256 g/mol. The first-order valence-electron chi connectivity index (χ1n) is 5.79. The van der Waals surface area contributed by atoms with E-state index in [1.165, 1.54) is 12.3 Å². The molecule has 2 rings (SSSR count). The molecule has 0 saturated heterocycles. The first-order chi connectivity index (χ1) is 9.60. The van der Waals surface area contributed by atoms with Crippen LogP contribution >= 0.6 is 0 Å². The van der Waals surface area contributed by atoms with Gasteiger partial charge in [0.05, 0.1) is 29.9 Å². The minimum absolute atomic E-state index is 0.163. The Morgan fingerprint density at radius 3 is 2.65 bits per heavy atom. The van der Waals surface area contributed by atoms with Gasteiger partial charge in [0, 0.05) is 6.07 Å². The number of carbonyl (C=O) groups excluding carboxylic acids is 1. The highest BCUT2D eigenvalue weighted by Gasteiger charge is 2.09. The Kier molecular flexibility index (Phi) is 3.82. The quantitative estimate of drug-likeness (QED) is 0.874. The Hall–Kier alpha value is -3.07. The van der Waals surface area contributed by atoms with E-state index in [9.17, 15) is 4.79 Å². The lowest BCUT2D eigenvalue weighted by Gasteiger charge is -2.07. The highest BCUT2D eigenvalue weighted by Crippen LogP contribution is 2.22. The molecule has 0 unspecified atom stereocenters. The molecule has 0 aliphatic carbocycles. The molecule has 0 bridgehead atoms. The SMILES string of the molecule is N#CCc1ccc(Oc2cc(C(N)=O)c(N)cn2)cc1. The van der Waals surface area contributed by atoms with Crippen LogP contribution in [0.1, 0.15) is 15.9 Å². The molecule has 0 saturated carbocycles. The average Bonchev–Trinajstić information content (AvgIpc) is 2.43. The number of primary amides is 1. The van der Waals surface area contributed by atoms with Gasteiger partial charge in [0.25, 0.3) is 5.91 Å². The molecule has 0 atom stereocenters. The van der Waals surface area contributed by atoms with E-state index in [2.05, 4.69) is 11.1 Å². The lowest BCUT2D eigenvalue weighted by Crippen LogP contribution is -2.13. The van der Waals surface area contributed by atoms with Crippen LogP contribution < -0.4 is 16.2 Å². The number of ether oxygens (including phenoxy) is 1. The van der Waals surface area contributed by atoms with Gasteiger partial charge in [0.2, 0.25) is 5.88 Å². The van der Waals surface area contributed by atoms with E-state index < -0.39 is 5.91 Å². The van der Waals surface area contributed by atoms with Crippen molar-refractivity contribution >= 4 is 11.6 Å². The molecule has 100 valence electrons. The van der Waals surface area contributed by atoms with E-state index in [-0.39, 0.29) is 17.1 Å². The van der Waals surface area contributed by atoms with E-state index in [1.807, 2.05) is 0 Å². The van der Waals surface area contributed by atoms with Crippen molar-refractivity contribution in [2.45, 2.75) is 6.42 Å². The van der Waals surface area contributed by atoms with Gasteiger partial charge in [-0.15, -0.1) is 0 Å². The summed E-state index contributed by atoms with van der Waals surface area (Å²) in [4.78, 5) is 15.1. The molecule has 0 spiro atoms. The number of nitrogens with zero attached hydrogens (tertiary/aromatic N) is 2. The molecular formula is C14H12N4O2. The molecule has 6 nitrogen and oxygen atoms in total. The van der Waals surface area contributed by atoms with Crippen molar-refractivity contribution in [2.75, 3.05) is 5.73 Å². The number of rotatable bonds is 4. The highest BCUT2D eigenvalue weighted by molar-refractivity contribution is 5.98. The average molecular weight is 268 g/mol. The number of aromatic nitrogens is 1. The summed E-state index contributed by atoms with van der Waals surface area (Å²) in [6.07, 6.45) is 1.66. The molecule has 1 aromatic carbocycles. The van der Waals surface area contributed by atoms with Gasteiger partial charge in [-0.05, 0) is 17.7 Å². The zero-order chi connectivity index (χ0) is 14.5. The number of nitrogen functional groups attached to an aromatic ring is 1. The van der Waals surface area contributed by atoms with E-state index >= 15 is 0 Å². The van der Waals surface area contributed by atoms with Crippen LogP contribution in [-0.4, -0.2) is 10.9 Å². The van der Waals surface area contributed by atoms with Gasteiger partial charge < -0.3 is 16.2 Å². The van der Waals surface area contributed by atoms with Crippen LogP contribution in [0.4, 0.5) is 5.69 Å². The molecule has 0 aliphatic heterocycles. The topological polar surface area (TPSA) is 115 Å². The first-order valence-corrected chi connectivity index (χ1v) is 5.79. The summed E-state index contributed by atoms with van der Waals surface area (Å²) in [5.74, 6) is 0.125. The fraction of sp³-hybridized carbons (Fsp3) is 0.0714. The third kappa shape index (κ3) is 3.03. The molecule has 0 aliphatic rings. The number of nitrogens with two attached hydrogens (primary N) is 2. The number of hydrogen-bond acceptors (Lipinski definition) is 5. The summed E-state index contributed by atoms with van der Waals surface area (Å²) in [6, 6.07) is 10.4. The fourth-order valence-corrected chi connectivity index (χ4v) is 1.60. The lowest BCUT2D eigenvalue weighted by molar-refractivity contribution is 0.100. The third-order valence-corrected chi connectivity index (χ3v) is 2.60. The Morgan fingerprint density at radius 2 is 2.05 bits per heavy atom. The molecule has 1 amide bonds. The summed E-state index contributed by atoms with van der Waals surface area (Å²) < 4.78 is 5.50.